The zero-order valence-electron chi connectivity index (χ0n) is 15.2. The third-order valence-electron chi connectivity index (χ3n) is 4.92. The fourth-order valence-electron chi connectivity index (χ4n) is 3.18. The highest BCUT2D eigenvalue weighted by Crippen LogP contribution is 2.31. The number of hydrogen-bond donors (Lipinski definition) is 0. The second-order valence-corrected chi connectivity index (χ2v) is 8.89. The molecule has 0 spiro atoms. The molecule has 0 N–H and O–H groups in total. The van der Waals surface area contributed by atoms with Gasteiger partial charge in [0.05, 0.1) is 16.3 Å². The van der Waals surface area contributed by atoms with Crippen molar-refractivity contribution in [3.8, 4) is 0 Å². The fraction of sp³-hybridized carbons (Fsp3) is 0.350. The lowest BCUT2D eigenvalue weighted by atomic mass is 10.2. The molecule has 0 radical (unpaired) electrons. The van der Waals surface area contributed by atoms with Gasteiger partial charge in [0.15, 0.2) is 6.61 Å². The number of hydrogen-bond acceptors (Lipinski definition) is 6. The Kier molecular flexibility index (Phi) is 4.97. The molecule has 1 aromatic carbocycles. The number of ether oxygens (including phenoxy) is 1. The smallest absolute Gasteiger partial charge is 0.348 e. The number of carbonyl (C=O) groups excluding carboxylic acids is 2. The second-order valence-electron chi connectivity index (χ2n) is 6.69. The lowest BCUT2D eigenvalue weighted by Gasteiger charge is -2.22. The minimum Gasteiger partial charge on any atom is -0.451 e. The number of benzene rings is 1. The van der Waals surface area contributed by atoms with Gasteiger partial charge >= 0.3 is 5.97 Å². The molecule has 3 aromatic rings. The van der Waals surface area contributed by atoms with Crippen LogP contribution in [0, 0.1) is 0 Å². The lowest BCUT2D eigenvalue weighted by Crippen LogP contribution is -2.33. The largest absolute Gasteiger partial charge is 0.451 e. The van der Waals surface area contributed by atoms with Crippen LogP contribution < -0.4 is 0 Å². The van der Waals surface area contributed by atoms with Gasteiger partial charge in [-0.25, -0.2) is 9.78 Å². The van der Waals surface area contributed by atoms with Crippen LogP contribution in [-0.2, 0) is 22.4 Å². The molecule has 0 saturated carbocycles. The van der Waals surface area contributed by atoms with Crippen molar-refractivity contribution >= 4 is 44.8 Å². The van der Waals surface area contributed by atoms with Gasteiger partial charge in [0.25, 0.3) is 5.91 Å². The summed E-state index contributed by atoms with van der Waals surface area (Å²) in [4.78, 5) is 32.8. The highest BCUT2D eigenvalue weighted by Gasteiger charge is 2.23. The summed E-state index contributed by atoms with van der Waals surface area (Å²) in [5, 5.41) is 0.869. The van der Waals surface area contributed by atoms with Crippen LogP contribution >= 0.6 is 22.7 Å². The number of thiazole rings is 1. The molecule has 2 aromatic heterocycles. The number of amides is 1. The Hall–Kier alpha value is -2.25. The number of nitrogens with zero attached hydrogens (tertiary/aromatic N) is 2. The van der Waals surface area contributed by atoms with Crippen LogP contribution in [0.15, 0.2) is 30.3 Å². The molecule has 1 aliphatic rings. The first-order chi connectivity index (χ1) is 13.0. The number of aryl methyl sites for hydroxylation is 2. The van der Waals surface area contributed by atoms with Crippen LogP contribution in [0.4, 0.5) is 0 Å². The van der Waals surface area contributed by atoms with Gasteiger partial charge in [0, 0.05) is 11.9 Å². The molecule has 0 fully saturated rings. The number of esters is 1. The number of thiophene rings is 1. The Labute approximate surface area is 165 Å². The van der Waals surface area contributed by atoms with Crippen molar-refractivity contribution in [2.45, 2.75) is 32.2 Å². The zero-order chi connectivity index (χ0) is 19.0. The van der Waals surface area contributed by atoms with Crippen molar-refractivity contribution < 1.29 is 14.3 Å². The molecular weight excluding hydrogens is 380 g/mol. The van der Waals surface area contributed by atoms with Gasteiger partial charge < -0.3 is 9.64 Å². The standard InChI is InChI=1S/C20H20N2O3S2/c1-12(19-21-14-7-3-4-8-16(14)27-19)22(2)18(23)11-25-20(24)17-10-13-6-5-9-15(13)26-17/h3-4,7-8,10,12H,5-6,9,11H2,1-2H3/t12-/m1/s1. The second kappa shape index (κ2) is 7.40. The molecule has 1 atom stereocenters. The third-order valence-corrected chi connectivity index (χ3v) is 7.34. The van der Waals surface area contributed by atoms with E-state index < -0.39 is 5.97 Å². The molecule has 1 amide bonds. The van der Waals surface area contributed by atoms with Crippen LogP contribution in [0.2, 0.25) is 0 Å². The van der Waals surface area contributed by atoms with E-state index >= 15 is 0 Å². The zero-order valence-corrected chi connectivity index (χ0v) is 16.9. The van der Waals surface area contributed by atoms with Crippen molar-refractivity contribution in [2.75, 3.05) is 13.7 Å². The number of rotatable bonds is 5. The number of carbonyl (C=O) groups is 2. The van der Waals surface area contributed by atoms with Crippen LogP contribution in [-0.4, -0.2) is 35.4 Å². The summed E-state index contributed by atoms with van der Waals surface area (Å²) < 4.78 is 6.35. The van der Waals surface area contributed by atoms with Gasteiger partial charge in [-0.3, -0.25) is 4.79 Å². The van der Waals surface area contributed by atoms with Gasteiger partial charge in [0.1, 0.15) is 9.88 Å². The summed E-state index contributed by atoms with van der Waals surface area (Å²) >= 11 is 3.06. The third kappa shape index (κ3) is 3.61. The highest BCUT2D eigenvalue weighted by molar-refractivity contribution is 7.18. The Balaban J connectivity index is 1.37. The Morgan fingerprint density at radius 1 is 1.26 bits per heavy atom. The van der Waals surface area contributed by atoms with E-state index in [0.29, 0.717) is 4.88 Å². The molecule has 0 unspecified atom stereocenters. The van der Waals surface area contributed by atoms with Crippen molar-refractivity contribution in [3.63, 3.8) is 0 Å². The number of aromatic nitrogens is 1. The monoisotopic (exact) mass is 400 g/mol. The molecule has 0 saturated heterocycles. The highest BCUT2D eigenvalue weighted by atomic mass is 32.1. The van der Waals surface area contributed by atoms with Gasteiger partial charge in [-0.15, -0.1) is 22.7 Å². The Morgan fingerprint density at radius 2 is 2.07 bits per heavy atom. The quantitative estimate of drug-likeness (QED) is 0.602. The van der Waals surface area contributed by atoms with E-state index in [9.17, 15) is 9.59 Å². The number of fused-ring (bicyclic) bond motifs is 2. The predicted molar refractivity (Wildman–Crippen MR) is 107 cm³/mol. The summed E-state index contributed by atoms with van der Waals surface area (Å²) in [7, 11) is 1.71. The molecular formula is C20H20N2O3S2. The summed E-state index contributed by atoms with van der Waals surface area (Å²) in [5.41, 5.74) is 2.18. The van der Waals surface area contributed by atoms with E-state index in [1.165, 1.54) is 21.8 Å². The summed E-state index contributed by atoms with van der Waals surface area (Å²) in [5.74, 6) is -0.650. The first kappa shape index (κ1) is 18.1. The maximum atomic E-state index is 12.5. The first-order valence-electron chi connectivity index (χ1n) is 8.93. The number of likely N-dealkylation sites (N-methyl/N-ethyl adjacent to an activating group) is 1. The minimum atomic E-state index is -0.413. The van der Waals surface area contributed by atoms with E-state index in [1.807, 2.05) is 37.3 Å². The summed E-state index contributed by atoms with van der Waals surface area (Å²) in [6.07, 6.45) is 3.22. The van der Waals surface area contributed by atoms with Gasteiger partial charge in [-0.2, -0.15) is 0 Å². The molecule has 0 bridgehead atoms. The Morgan fingerprint density at radius 3 is 2.85 bits per heavy atom. The molecule has 1 aliphatic carbocycles. The van der Waals surface area contributed by atoms with Crippen molar-refractivity contribution in [2.24, 2.45) is 0 Å². The normalized spacial score (nSPS) is 14.1. The van der Waals surface area contributed by atoms with Crippen LogP contribution in [0.25, 0.3) is 10.2 Å². The van der Waals surface area contributed by atoms with Crippen molar-refractivity contribution in [1.82, 2.24) is 9.88 Å². The van der Waals surface area contributed by atoms with Crippen molar-refractivity contribution in [3.05, 3.63) is 50.7 Å². The van der Waals surface area contributed by atoms with Crippen LogP contribution in [0.1, 0.15) is 44.5 Å². The molecule has 7 heteroatoms. The SMILES string of the molecule is C[C@H](c1nc2ccccc2s1)N(C)C(=O)COC(=O)c1cc2c(s1)CCC2. The van der Waals surface area contributed by atoms with Gasteiger partial charge in [-0.1, -0.05) is 12.1 Å². The Bertz CT molecular complexity index is 953. The molecule has 140 valence electrons. The van der Waals surface area contributed by atoms with Crippen LogP contribution in [0.5, 0.6) is 0 Å². The van der Waals surface area contributed by atoms with Crippen LogP contribution in [0.3, 0.4) is 0 Å². The maximum absolute atomic E-state index is 12.5. The molecule has 4 rings (SSSR count). The average molecular weight is 401 g/mol. The maximum Gasteiger partial charge on any atom is 0.348 e. The molecule has 5 nitrogen and oxygen atoms in total. The van der Waals surface area contributed by atoms with E-state index in [0.717, 1.165) is 34.5 Å². The van der Waals surface area contributed by atoms with E-state index in [2.05, 4.69) is 4.98 Å². The molecule has 0 aliphatic heterocycles. The lowest BCUT2D eigenvalue weighted by molar-refractivity contribution is -0.135. The van der Waals surface area contributed by atoms with Gasteiger partial charge in [-0.05, 0) is 49.9 Å². The van der Waals surface area contributed by atoms with Crippen molar-refractivity contribution in [1.29, 1.82) is 0 Å². The van der Waals surface area contributed by atoms with E-state index in [-0.39, 0.29) is 18.6 Å². The molecule has 27 heavy (non-hydrogen) atoms. The first-order valence-corrected chi connectivity index (χ1v) is 10.6. The summed E-state index contributed by atoms with van der Waals surface area (Å²) in [6, 6.07) is 9.64. The predicted octanol–water partition coefficient (Wildman–Crippen LogP) is 4.22. The number of para-hydroxylation sites is 1. The molecule has 2 heterocycles. The van der Waals surface area contributed by atoms with E-state index in [4.69, 9.17) is 4.74 Å². The topological polar surface area (TPSA) is 59.5 Å². The average Bonchev–Trinajstić information content (AvgIpc) is 3.37. The fourth-order valence-corrected chi connectivity index (χ4v) is 5.39. The van der Waals surface area contributed by atoms with E-state index in [1.54, 1.807) is 23.3 Å². The van der Waals surface area contributed by atoms with Gasteiger partial charge in [0.2, 0.25) is 0 Å². The summed E-state index contributed by atoms with van der Waals surface area (Å²) in [6.45, 7) is 1.67. The minimum absolute atomic E-state index is 0.181.